The number of nitrogens with zero attached hydrogens (tertiary/aromatic N) is 2. The molecule has 1 saturated carbocycles. The molecule has 0 aromatic carbocycles. The fourth-order valence-corrected chi connectivity index (χ4v) is 2.65. The maximum atomic E-state index is 8.71. The van der Waals surface area contributed by atoms with E-state index in [1.807, 2.05) is 6.07 Å². The Labute approximate surface area is 109 Å². The molecule has 0 saturated heterocycles. The van der Waals surface area contributed by atoms with E-state index in [0.717, 1.165) is 11.7 Å². The molecule has 1 heterocycles. The molecule has 1 aliphatic rings. The van der Waals surface area contributed by atoms with Crippen molar-refractivity contribution >= 4 is 5.82 Å². The Morgan fingerprint density at radius 2 is 2.22 bits per heavy atom. The average Bonchev–Trinajstić information content (AvgIpc) is 2.90. The molecule has 1 unspecified atom stereocenters. The number of aromatic nitrogens is 1. The Balaban J connectivity index is 1.75. The molecule has 1 aliphatic carbocycles. The minimum atomic E-state index is 0.450. The summed E-state index contributed by atoms with van der Waals surface area (Å²) in [6.07, 6.45) is 9.82. The molecule has 0 bridgehead atoms. The smallest absolute Gasteiger partial charge is 0.126 e. The summed E-state index contributed by atoms with van der Waals surface area (Å²) in [6.45, 7) is 2.20. The van der Waals surface area contributed by atoms with Crippen molar-refractivity contribution in [2.45, 2.75) is 51.5 Å². The highest BCUT2D eigenvalue weighted by molar-refractivity contribution is 5.39. The Morgan fingerprint density at radius 1 is 1.44 bits per heavy atom. The first-order valence-corrected chi connectivity index (χ1v) is 6.90. The van der Waals surface area contributed by atoms with E-state index in [-0.39, 0.29) is 0 Å². The molecule has 3 heteroatoms. The Hall–Kier alpha value is -1.56. The zero-order valence-corrected chi connectivity index (χ0v) is 11.0. The number of nitriles is 1. The molecular formula is C15H21N3. The monoisotopic (exact) mass is 243 g/mol. The van der Waals surface area contributed by atoms with Crippen LogP contribution in [0.3, 0.4) is 0 Å². The quantitative estimate of drug-likeness (QED) is 0.857. The third-order valence-corrected chi connectivity index (χ3v) is 3.77. The molecule has 0 aliphatic heterocycles. The predicted octanol–water partition coefficient (Wildman–Crippen LogP) is 3.72. The van der Waals surface area contributed by atoms with Crippen LogP contribution >= 0.6 is 0 Å². The maximum Gasteiger partial charge on any atom is 0.126 e. The molecule has 3 nitrogen and oxygen atoms in total. The molecule has 18 heavy (non-hydrogen) atoms. The summed E-state index contributed by atoms with van der Waals surface area (Å²) in [6, 6.07) is 6.21. The number of hydrogen-bond donors (Lipinski definition) is 1. The molecule has 0 amide bonds. The number of nitrogens with one attached hydrogen (secondary N) is 1. The largest absolute Gasteiger partial charge is 0.368 e. The van der Waals surface area contributed by atoms with E-state index in [1.54, 1.807) is 12.3 Å². The molecule has 1 N–H and O–H groups in total. The third kappa shape index (κ3) is 3.73. The van der Waals surface area contributed by atoms with Gasteiger partial charge in [-0.15, -0.1) is 0 Å². The fraction of sp³-hybridized carbons (Fsp3) is 0.600. The fourth-order valence-electron chi connectivity index (χ4n) is 2.65. The van der Waals surface area contributed by atoms with Crippen molar-refractivity contribution in [3.63, 3.8) is 0 Å². The zero-order chi connectivity index (χ0) is 12.8. The molecule has 0 radical (unpaired) electrons. The summed E-state index contributed by atoms with van der Waals surface area (Å²) < 4.78 is 0. The van der Waals surface area contributed by atoms with Gasteiger partial charge in [0.2, 0.25) is 0 Å². The summed E-state index contributed by atoms with van der Waals surface area (Å²) in [4.78, 5) is 4.24. The number of hydrogen-bond acceptors (Lipinski definition) is 3. The lowest BCUT2D eigenvalue weighted by atomic mass is 9.99. The van der Waals surface area contributed by atoms with Crippen molar-refractivity contribution in [3.8, 4) is 6.07 Å². The van der Waals surface area contributed by atoms with E-state index in [2.05, 4.69) is 23.3 Å². The van der Waals surface area contributed by atoms with Crippen LogP contribution in [-0.2, 0) is 0 Å². The van der Waals surface area contributed by atoms with Gasteiger partial charge in [-0.05, 0) is 37.8 Å². The first kappa shape index (κ1) is 12.9. The van der Waals surface area contributed by atoms with Gasteiger partial charge < -0.3 is 5.32 Å². The van der Waals surface area contributed by atoms with Crippen LogP contribution < -0.4 is 5.32 Å². The zero-order valence-electron chi connectivity index (χ0n) is 11.0. The minimum absolute atomic E-state index is 0.450. The summed E-state index contributed by atoms with van der Waals surface area (Å²) >= 11 is 0. The van der Waals surface area contributed by atoms with E-state index in [4.69, 9.17) is 5.26 Å². The standard InChI is InChI=1S/C15H21N3/c1-12(6-7-13-4-2-3-5-13)18-15-9-8-14(10-16)11-17-15/h8-9,11-13H,2-7H2,1H3,(H,17,18). The van der Waals surface area contributed by atoms with Crippen LogP contribution in [-0.4, -0.2) is 11.0 Å². The molecule has 2 rings (SSSR count). The molecule has 96 valence electrons. The Morgan fingerprint density at radius 3 is 2.83 bits per heavy atom. The number of anilines is 1. The van der Waals surface area contributed by atoms with Crippen molar-refractivity contribution < 1.29 is 0 Å². The van der Waals surface area contributed by atoms with Crippen molar-refractivity contribution in [2.75, 3.05) is 5.32 Å². The van der Waals surface area contributed by atoms with Crippen LogP contribution in [0, 0.1) is 17.2 Å². The van der Waals surface area contributed by atoms with Crippen molar-refractivity contribution in [3.05, 3.63) is 23.9 Å². The van der Waals surface area contributed by atoms with Crippen LogP contribution in [0.15, 0.2) is 18.3 Å². The number of rotatable bonds is 5. The Kier molecular flexibility index (Phi) is 4.58. The van der Waals surface area contributed by atoms with Gasteiger partial charge in [-0.25, -0.2) is 4.98 Å². The average molecular weight is 243 g/mol. The van der Waals surface area contributed by atoms with Gasteiger partial charge in [-0.3, -0.25) is 0 Å². The topological polar surface area (TPSA) is 48.7 Å². The van der Waals surface area contributed by atoms with Gasteiger partial charge in [-0.1, -0.05) is 25.7 Å². The second-order valence-corrected chi connectivity index (χ2v) is 5.32. The first-order valence-electron chi connectivity index (χ1n) is 6.90. The molecule has 1 aromatic rings. The van der Waals surface area contributed by atoms with E-state index in [1.165, 1.54) is 38.5 Å². The van der Waals surface area contributed by atoms with Crippen molar-refractivity contribution in [1.29, 1.82) is 5.26 Å². The summed E-state index contributed by atoms with van der Waals surface area (Å²) in [5, 5.41) is 12.1. The van der Waals surface area contributed by atoms with E-state index in [0.29, 0.717) is 11.6 Å². The van der Waals surface area contributed by atoms with Gasteiger partial charge in [0.1, 0.15) is 11.9 Å². The van der Waals surface area contributed by atoms with Gasteiger partial charge in [0, 0.05) is 12.2 Å². The second-order valence-electron chi connectivity index (χ2n) is 5.32. The highest BCUT2D eigenvalue weighted by Gasteiger charge is 2.15. The van der Waals surface area contributed by atoms with Crippen LogP contribution in [0.4, 0.5) is 5.82 Å². The number of pyridine rings is 1. The van der Waals surface area contributed by atoms with Crippen molar-refractivity contribution in [2.24, 2.45) is 5.92 Å². The SMILES string of the molecule is CC(CCC1CCCC1)Nc1ccc(C#N)cn1. The van der Waals surface area contributed by atoms with Gasteiger partial charge in [0.25, 0.3) is 0 Å². The van der Waals surface area contributed by atoms with Crippen LogP contribution in [0.5, 0.6) is 0 Å². The third-order valence-electron chi connectivity index (χ3n) is 3.77. The van der Waals surface area contributed by atoms with Crippen LogP contribution in [0.25, 0.3) is 0 Å². The lowest BCUT2D eigenvalue weighted by Gasteiger charge is -2.16. The van der Waals surface area contributed by atoms with E-state index >= 15 is 0 Å². The lowest BCUT2D eigenvalue weighted by Crippen LogP contribution is -2.17. The van der Waals surface area contributed by atoms with Crippen LogP contribution in [0.1, 0.15) is 51.0 Å². The van der Waals surface area contributed by atoms with Crippen molar-refractivity contribution in [1.82, 2.24) is 4.98 Å². The summed E-state index contributed by atoms with van der Waals surface area (Å²) in [5.41, 5.74) is 0.610. The first-order chi connectivity index (χ1) is 8.78. The summed E-state index contributed by atoms with van der Waals surface area (Å²) in [5.74, 6) is 1.82. The molecular weight excluding hydrogens is 222 g/mol. The lowest BCUT2D eigenvalue weighted by molar-refractivity contribution is 0.467. The minimum Gasteiger partial charge on any atom is -0.368 e. The van der Waals surface area contributed by atoms with Gasteiger partial charge in [-0.2, -0.15) is 5.26 Å². The molecule has 1 fully saturated rings. The second kappa shape index (κ2) is 6.39. The van der Waals surface area contributed by atoms with Gasteiger partial charge in [0.05, 0.1) is 5.56 Å². The van der Waals surface area contributed by atoms with E-state index in [9.17, 15) is 0 Å². The summed E-state index contributed by atoms with van der Waals surface area (Å²) in [7, 11) is 0. The predicted molar refractivity (Wildman–Crippen MR) is 73.2 cm³/mol. The van der Waals surface area contributed by atoms with Crippen LogP contribution in [0.2, 0.25) is 0 Å². The molecule has 1 atom stereocenters. The Bertz CT molecular complexity index is 399. The maximum absolute atomic E-state index is 8.71. The molecule has 0 spiro atoms. The van der Waals surface area contributed by atoms with E-state index < -0.39 is 0 Å². The highest BCUT2D eigenvalue weighted by Crippen LogP contribution is 2.29. The highest BCUT2D eigenvalue weighted by atomic mass is 15.0. The molecule has 1 aromatic heterocycles. The van der Waals surface area contributed by atoms with Gasteiger partial charge >= 0.3 is 0 Å². The normalized spacial score (nSPS) is 17.3. The van der Waals surface area contributed by atoms with Gasteiger partial charge in [0.15, 0.2) is 0 Å².